The predicted octanol–water partition coefficient (Wildman–Crippen LogP) is 2.52. The lowest BCUT2D eigenvalue weighted by atomic mass is 10.2. The molecule has 0 aliphatic carbocycles. The Bertz CT molecular complexity index is 719. The molecule has 7 heteroatoms. The molecule has 0 amide bonds. The summed E-state index contributed by atoms with van der Waals surface area (Å²) >= 11 is 0. The van der Waals surface area contributed by atoms with E-state index in [4.69, 9.17) is 4.52 Å². The lowest BCUT2D eigenvalue weighted by Crippen LogP contribution is -2.52. The predicted molar refractivity (Wildman–Crippen MR) is 108 cm³/mol. The normalized spacial score (nSPS) is 15.5. The Morgan fingerprint density at radius 3 is 2.56 bits per heavy atom. The molecule has 7 nitrogen and oxygen atoms in total. The van der Waals surface area contributed by atoms with Gasteiger partial charge in [-0.2, -0.15) is 4.98 Å². The molecule has 0 atom stereocenters. The van der Waals surface area contributed by atoms with E-state index in [0.717, 1.165) is 57.3 Å². The number of aryl methyl sites for hydroxylation is 1. The van der Waals surface area contributed by atoms with Crippen molar-refractivity contribution in [2.24, 2.45) is 4.99 Å². The smallest absolute Gasteiger partial charge is 0.226 e. The quantitative estimate of drug-likeness (QED) is 0.479. The van der Waals surface area contributed by atoms with Crippen LogP contribution in [0.15, 0.2) is 39.8 Å². The maximum absolute atomic E-state index is 5.29. The van der Waals surface area contributed by atoms with Crippen LogP contribution in [0.4, 0.5) is 5.69 Å². The van der Waals surface area contributed by atoms with Crippen molar-refractivity contribution in [1.82, 2.24) is 20.4 Å². The lowest BCUT2D eigenvalue weighted by Gasteiger charge is -2.37. The standard InChI is InChI=1S/C20H30N6O/c1-16(2)19-23-18(27-24-19)10-7-11-22-20(21-3)26-14-12-25(13-15-26)17-8-5-4-6-9-17/h4-6,8-9,16H,7,10-15H2,1-3H3,(H,21,22). The van der Waals surface area contributed by atoms with Crippen LogP contribution >= 0.6 is 0 Å². The van der Waals surface area contributed by atoms with E-state index in [1.165, 1.54) is 5.69 Å². The Kier molecular flexibility index (Phi) is 6.68. The van der Waals surface area contributed by atoms with E-state index in [1.807, 2.05) is 7.05 Å². The van der Waals surface area contributed by atoms with Crippen LogP contribution in [0.5, 0.6) is 0 Å². The summed E-state index contributed by atoms with van der Waals surface area (Å²) in [7, 11) is 1.85. The van der Waals surface area contributed by atoms with Gasteiger partial charge in [-0.3, -0.25) is 4.99 Å². The lowest BCUT2D eigenvalue weighted by molar-refractivity contribution is 0.363. The van der Waals surface area contributed by atoms with Crippen molar-refractivity contribution in [3.05, 3.63) is 42.0 Å². The first-order valence-electron chi connectivity index (χ1n) is 9.75. The van der Waals surface area contributed by atoms with E-state index < -0.39 is 0 Å². The Morgan fingerprint density at radius 2 is 1.93 bits per heavy atom. The van der Waals surface area contributed by atoms with E-state index in [1.54, 1.807) is 0 Å². The molecular formula is C20H30N6O. The van der Waals surface area contributed by atoms with Crippen LogP contribution in [-0.2, 0) is 6.42 Å². The third-order valence-electron chi connectivity index (χ3n) is 4.76. The molecule has 27 heavy (non-hydrogen) atoms. The van der Waals surface area contributed by atoms with Gasteiger partial charge >= 0.3 is 0 Å². The minimum atomic E-state index is 0.300. The van der Waals surface area contributed by atoms with E-state index in [0.29, 0.717) is 11.8 Å². The first kappa shape index (κ1) is 19.2. The molecule has 2 aromatic rings. The number of aliphatic imine (C=N–C) groups is 1. The van der Waals surface area contributed by atoms with E-state index >= 15 is 0 Å². The van der Waals surface area contributed by atoms with Crippen LogP contribution in [0.2, 0.25) is 0 Å². The first-order chi connectivity index (χ1) is 13.2. The van der Waals surface area contributed by atoms with Crippen LogP contribution in [0, 0.1) is 0 Å². The van der Waals surface area contributed by atoms with Gasteiger partial charge in [0.05, 0.1) is 0 Å². The Labute approximate surface area is 161 Å². The van der Waals surface area contributed by atoms with Gasteiger partial charge in [0.15, 0.2) is 11.8 Å². The minimum absolute atomic E-state index is 0.300. The van der Waals surface area contributed by atoms with E-state index in [2.05, 4.69) is 74.4 Å². The highest BCUT2D eigenvalue weighted by atomic mass is 16.5. The summed E-state index contributed by atoms with van der Waals surface area (Å²) in [6.07, 6.45) is 1.72. The molecule has 3 rings (SSSR count). The topological polar surface area (TPSA) is 69.8 Å². The maximum Gasteiger partial charge on any atom is 0.226 e. The second kappa shape index (κ2) is 9.39. The van der Waals surface area contributed by atoms with Crippen LogP contribution in [-0.4, -0.2) is 60.8 Å². The molecule has 0 unspecified atom stereocenters. The molecule has 1 aliphatic rings. The third kappa shape index (κ3) is 5.21. The highest BCUT2D eigenvalue weighted by Crippen LogP contribution is 2.15. The van der Waals surface area contributed by atoms with Gasteiger partial charge in [-0.15, -0.1) is 0 Å². The molecular weight excluding hydrogens is 340 g/mol. The van der Waals surface area contributed by atoms with Crippen molar-refractivity contribution in [2.75, 3.05) is 44.7 Å². The average Bonchev–Trinajstić information content (AvgIpc) is 3.18. The van der Waals surface area contributed by atoms with Gasteiger partial charge in [0.2, 0.25) is 5.89 Å². The number of piperazine rings is 1. The van der Waals surface area contributed by atoms with Gasteiger partial charge in [-0.05, 0) is 18.6 Å². The number of hydrogen-bond donors (Lipinski definition) is 1. The summed E-state index contributed by atoms with van der Waals surface area (Å²) in [4.78, 5) is 13.6. The molecule has 0 bridgehead atoms. The fourth-order valence-electron chi connectivity index (χ4n) is 3.19. The number of anilines is 1. The minimum Gasteiger partial charge on any atom is -0.368 e. The van der Waals surface area contributed by atoms with Gasteiger partial charge in [-0.25, -0.2) is 0 Å². The molecule has 1 N–H and O–H groups in total. The second-order valence-electron chi connectivity index (χ2n) is 7.09. The van der Waals surface area contributed by atoms with E-state index in [-0.39, 0.29) is 0 Å². The third-order valence-corrected chi connectivity index (χ3v) is 4.76. The number of benzene rings is 1. The Balaban J connectivity index is 1.40. The SMILES string of the molecule is CN=C(NCCCc1nc(C(C)C)no1)N1CCN(c2ccccc2)CC1. The highest BCUT2D eigenvalue weighted by molar-refractivity contribution is 5.80. The van der Waals surface area contributed by atoms with Crippen LogP contribution < -0.4 is 10.2 Å². The molecule has 146 valence electrons. The average molecular weight is 371 g/mol. The number of para-hydroxylation sites is 1. The number of guanidine groups is 1. The molecule has 1 aliphatic heterocycles. The first-order valence-corrected chi connectivity index (χ1v) is 9.75. The number of hydrogen-bond acceptors (Lipinski definition) is 5. The number of nitrogens with one attached hydrogen (secondary N) is 1. The van der Waals surface area contributed by atoms with Gasteiger partial charge in [0.25, 0.3) is 0 Å². The molecule has 1 aromatic carbocycles. The van der Waals surface area contributed by atoms with Gasteiger partial charge in [-0.1, -0.05) is 37.2 Å². The number of rotatable bonds is 6. The van der Waals surface area contributed by atoms with E-state index in [9.17, 15) is 0 Å². The van der Waals surface area contributed by atoms with Crippen LogP contribution in [0.25, 0.3) is 0 Å². The Morgan fingerprint density at radius 1 is 1.19 bits per heavy atom. The zero-order chi connectivity index (χ0) is 19.1. The van der Waals surface area contributed by atoms with Crippen molar-refractivity contribution in [3.8, 4) is 0 Å². The van der Waals surface area contributed by atoms with Gasteiger partial charge in [0.1, 0.15) is 0 Å². The second-order valence-corrected chi connectivity index (χ2v) is 7.09. The molecule has 2 heterocycles. The van der Waals surface area contributed by atoms with Crippen molar-refractivity contribution in [3.63, 3.8) is 0 Å². The Hall–Kier alpha value is -2.57. The van der Waals surface area contributed by atoms with Gasteiger partial charge < -0.3 is 19.6 Å². The summed E-state index contributed by atoms with van der Waals surface area (Å²) in [6, 6.07) is 10.6. The number of aromatic nitrogens is 2. The molecule has 1 aromatic heterocycles. The molecule has 1 fully saturated rings. The van der Waals surface area contributed by atoms with Crippen LogP contribution in [0.1, 0.15) is 37.9 Å². The zero-order valence-electron chi connectivity index (χ0n) is 16.6. The van der Waals surface area contributed by atoms with Crippen molar-refractivity contribution in [2.45, 2.75) is 32.6 Å². The molecule has 0 saturated carbocycles. The molecule has 0 spiro atoms. The van der Waals surface area contributed by atoms with Crippen molar-refractivity contribution < 1.29 is 4.52 Å². The summed E-state index contributed by atoms with van der Waals surface area (Å²) < 4.78 is 5.29. The monoisotopic (exact) mass is 370 g/mol. The van der Waals surface area contributed by atoms with Crippen molar-refractivity contribution in [1.29, 1.82) is 0 Å². The maximum atomic E-state index is 5.29. The number of nitrogens with zero attached hydrogens (tertiary/aromatic N) is 5. The summed E-state index contributed by atoms with van der Waals surface area (Å²) in [5, 5.41) is 7.47. The largest absolute Gasteiger partial charge is 0.368 e. The summed E-state index contributed by atoms with van der Waals surface area (Å²) in [5.74, 6) is 2.77. The van der Waals surface area contributed by atoms with Crippen molar-refractivity contribution >= 4 is 11.6 Å². The van der Waals surface area contributed by atoms with Crippen LogP contribution in [0.3, 0.4) is 0 Å². The van der Waals surface area contributed by atoms with Gasteiger partial charge in [0, 0.05) is 57.8 Å². The fraction of sp³-hybridized carbons (Fsp3) is 0.550. The molecule has 1 saturated heterocycles. The highest BCUT2D eigenvalue weighted by Gasteiger charge is 2.19. The molecule has 0 radical (unpaired) electrons. The fourth-order valence-corrected chi connectivity index (χ4v) is 3.19. The summed E-state index contributed by atoms with van der Waals surface area (Å²) in [5.41, 5.74) is 1.29. The zero-order valence-corrected chi connectivity index (χ0v) is 16.6. The summed E-state index contributed by atoms with van der Waals surface area (Å²) in [6.45, 7) is 8.92.